The van der Waals surface area contributed by atoms with E-state index in [0.717, 1.165) is 25.2 Å². The number of alkyl halides is 3. The van der Waals surface area contributed by atoms with Gasteiger partial charge in [0.1, 0.15) is 18.2 Å². The van der Waals surface area contributed by atoms with E-state index in [1.165, 1.54) is 10.1 Å². The Balaban J connectivity index is 1.42. The van der Waals surface area contributed by atoms with Crippen LogP contribution < -0.4 is 5.32 Å². The van der Waals surface area contributed by atoms with E-state index < -0.39 is 17.9 Å². The molecule has 1 amide bonds. The molecule has 29 heavy (non-hydrogen) atoms. The molecule has 0 aliphatic carbocycles. The number of carbonyl (C=O) groups excluding carboxylic acids is 1. The fraction of sp³-hybridized carbons (Fsp3) is 0.368. The molecule has 1 saturated heterocycles. The van der Waals surface area contributed by atoms with E-state index in [-0.39, 0.29) is 17.5 Å². The van der Waals surface area contributed by atoms with Gasteiger partial charge in [0.05, 0.1) is 0 Å². The third-order valence-electron chi connectivity index (χ3n) is 4.90. The highest BCUT2D eigenvalue weighted by atomic mass is 19.4. The van der Waals surface area contributed by atoms with Crippen molar-refractivity contribution in [3.8, 4) is 0 Å². The van der Waals surface area contributed by atoms with Gasteiger partial charge >= 0.3 is 6.18 Å². The summed E-state index contributed by atoms with van der Waals surface area (Å²) in [6.07, 6.45) is -1.30. The van der Waals surface area contributed by atoms with Gasteiger partial charge in [0, 0.05) is 19.2 Å². The SMILES string of the molecule is O=C1C(Nc2cc(C(F)(F)F)nc3ncnn23)CCN1CCCc1ccccc1. The summed E-state index contributed by atoms with van der Waals surface area (Å²) in [4.78, 5) is 21.6. The number of fused-ring (bicyclic) bond motifs is 1. The number of hydrogen-bond donors (Lipinski definition) is 1. The number of aryl methyl sites for hydroxylation is 1. The number of nitrogens with one attached hydrogen (secondary N) is 1. The second-order valence-electron chi connectivity index (χ2n) is 6.90. The quantitative estimate of drug-likeness (QED) is 0.684. The zero-order chi connectivity index (χ0) is 20.4. The number of anilines is 1. The van der Waals surface area contributed by atoms with E-state index in [4.69, 9.17) is 0 Å². The molecule has 0 bridgehead atoms. The van der Waals surface area contributed by atoms with Crippen LogP contribution in [-0.2, 0) is 17.4 Å². The van der Waals surface area contributed by atoms with E-state index in [1.807, 2.05) is 30.3 Å². The third kappa shape index (κ3) is 4.15. The summed E-state index contributed by atoms with van der Waals surface area (Å²) >= 11 is 0. The smallest absolute Gasteiger partial charge is 0.358 e. The molecule has 1 fully saturated rings. The number of aromatic nitrogens is 4. The number of likely N-dealkylation sites (tertiary alicyclic amines) is 1. The Bertz CT molecular complexity index is 1000. The van der Waals surface area contributed by atoms with Crippen molar-refractivity contribution < 1.29 is 18.0 Å². The lowest BCUT2D eigenvalue weighted by Crippen LogP contribution is -2.34. The first-order chi connectivity index (χ1) is 13.9. The largest absolute Gasteiger partial charge is 0.433 e. The van der Waals surface area contributed by atoms with E-state index in [1.54, 1.807) is 4.90 Å². The van der Waals surface area contributed by atoms with Gasteiger partial charge < -0.3 is 10.2 Å². The number of halogens is 3. The summed E-state index contributed by atoms with van der Waals surface area (Å²) in [5, 5.41) is 6.80. The second kappa shape index (κ2) is 7.69. The van der Waals surface area contributed by atoms with Crippen molar-refractivity contribution in [2.45, 2.75) is 31.5 Å². The molecule has 1 unspecified atom stereocenters. The van der Waals surface area contributed by atoms with E-state index in [2.05, 4.69) is 20.4 Å². The van der Waals surface area contributed by atoms with Crippen molar-refractivity contribution in [3.05, 3.63) is 54.0 Å². The molecular weight excluding hydrogens is 385 g/mol. The van der Waals surface area contributed by atoms with Crippen molar-refractivity contribution in [2.24, 2.45) is 0 Å². The Morgan fingerprint density at radius 2 is 2.00 bits per heavy atom. The number of nitrogens with zero attached hydrogens (tertiary/aromatic N) is 5. The molecule has 0 saturated carbocycles. The predicted octanol–water partition coefficient (Wildman–Crippen LogP) is 2.79. The van der Waals surface area contributed by atoms with Gasteiger partial charge in [0.2, 0.25) is 5.91 Å². The van der Waals surface area contributed by atoms with Gasteiger partial charge in [-0.25, -0.2) is 4.98 Å². The third-order valence-corrected chi connectivity index (χ3v) is 4.90. The summed E-state index contributed by atoms with van der Waals surface area (Å²) in [5.74, 6) is -0.256. The predicted molar refractivity (Wildman–Crippen MR) is 99.2 cm³/mol. The highest BCUT2D eigenvalue weighted by Gasteiger charge is 2.36. The van der Waals surface area contributed by atoms with Crippen molar-refractivity contribution in [1.29, 1.82) is 0 Å². The summed E-state index contributed by atoms with van der Waals surface area (Å²) in [5.41, 5.74) is 0.129. The zero-order valence-electron chi connectivity index (χ0n) is 15.4. The van der Waals surface area contributed by atoms with E-state index >= 15 is 0 Å². The highest BCUT2D eigenvalue weighted by Crippen LogP contribution is 2.30. The van der Waals surface area contributed by atoms with Crippen LogP contribution in [0.2, 0.25) is 0 Å². The average molecular weight is 404 g/mol. The number of rotatable bonds is 6. The number of carbonyl (C=O) groups is 1. The van der Waals surface area contributed by atoms with Crippen LogP contribution in [0.5, 0.6) is 0 Å². The molecule has 10 heteroatoms. The molecule has 1 aromatic carbocycles. The van der Waals surface area contributed by atoms with Crippen LogP contribution in [0.15, 0.2) is 42.7 Å². The number of amides is 1. The van der Waals surface area contributed by atoms with Gasteiger partial charge in [-0.1, -0.05) is 30.3 Å². The fourth-order valence-corrected chi connectivity index (χ4v) is 3.45. The molecule has 0 radical (unpaired) electrons. The molecular formula is C19H19F3N6O. The summed E-state index contributed by atoms with van der Waals surface area (Å²) in [6.45, 7) is 1.16. The molecule has 1 N–H and O–H groups in total. The maximum Gasteiger partial charge on any atom is 0.433 e. The highest BCUT2D eigenvalue weighted by molar-refractivity contribution is 5.86. The Morgan fingerprint density at radius 1 is 1.21 bits per heavy atom. The van der Waals surface area contributed by atoms with Crippen molar-refractivity contribution in [2.75, 3.05) is 18.4 Å². The van der Waals surface area contributed by atoms with Gasteiger partial charge in [-0.05, 0) is 24.8 Å². The Hall–Kier alpha value is -3.17. The Labute approximate surface area is 164 Å². The summed E-state index contributed by atoms with van der Waals surface area (Å²) in [7, 11) is 0. The zero-order valence-corrected chi connectivity index (χ0v) is 15.4. The lowest BCUT2D eigenvalue weighted by Gasteiger charge is -2.18. The second-order valence-corrected chi connectivity index (χ2v) is 6.90. The van der Waals surface area contributed by atoms with Gasteiger partial charge in [0.25, 0.3) is 5.78 Å². The van der Waals surface area contributed by atoms with E-state index in [0.29, 0.717) is 19.5 Å². The Kier molecular flexibility index (Phi) is 5.08. The number of benzene rings is 1. The fourth-order valence-electron chi connectivity index (χ4n) is 3.45. The van der Waals surface area contributed by atoms with Gasteiger partial charge in [-0.3, -0.25) is 4.79 Å². The first kappa shape index (κ1) is 19.2. The monoisotopic (exact) mass is 404 g/mol. The van der Waals surface area contributed by atoms with E-state index in [9.17, 15) is 18.0 Å². The molecule has 152 valence electrons. The minimum absolute atomic E-state index is 0.0457. The Morgan fingerprint density at radius 3 is 2.76 bits per heavy atom. The van der Waals surface area contributed by atoms with Gasteiger partial charge in [0.15, 0.2) is 5.69 Å². The standard InChI is InChI=1S/C19H19F3N6O/c20-19(21,22)15-11-16(28-18(26-15)23-12-24-28)25-14-8-10-27(17(14)29)9-4-7-13-5-2-1-3-6-13/h1-3,5-6,11-12,14,25H,4,7-10H2. The first-order valence-electron chi connectivity index (χ1n) is 9.29. The van der Waals surface area contributed by atoms with Crippen LogP contribution in [0.3, 0.4) is 0 Å². The molecule has 1 aliphatic heterocycles. The van der Waals surface area contributed by atoms with Crippen LogP contribution in [0.4, 0.5) is 19.0 Å². The topological polar surface area (TPSA) is 75.4 Å². The molecule has 3 aromatic rings. The molecule has 1 atom stereocenters. The summed E-state index contributed by atoms with van der Waals surface area (Å²) < 4.78 is 40.5. The molecule has 0 spiro atoms. The molecule has 7 nitrogen and oxygen atoms in total. The van der Waals surface area contributed by atoms with Crippen molar-refractivity contribution in [3.63, 3.8) is 0 Å². The van der Waals surface area contributed by atoms with Crippen LogP contribution in [-0.4, -0.2) is 49.5 Å². The minimum atomic E-state index is -4.62. The molecule has 4 rings (SSSR count). The summed E-state index contributed by atoms with van der Waals surface area (Å²) in [6, 6.07) is 10.2. The average Bonchev–Trinajstić information content (AvgIpc) is 3.30. The lowest BCUT2D eigenvalue weighted by molar-refractivity contribution is -0.141. The normalized spacial score (nSPS) is 17.3. The van der Waals surface area contributed by atoms with Crippen molar-refractivity contribution >= 4 is 17.5 Å². The molecule has 3 heterocycles. The van der Waals surface area contributed by atoms with Crippen LogP contribution >= 0.6 is 0 Å². The minimum Gasteiger partial charge on any atom is -0.358 e. The lowest BCUT2D eigenvalue weighted by atomic mass is 10.1. The van der Waals surface area contributed by atoms with Gasteiger partial charge in [-0.2, -0.15) is 27.8 Å². The maximum absolute atomic E-state index is 13.1. The number of hydrogen-bond acceptors (Lipinski definition) is 5. The molecule has 2 aromatic heterocycles. The molecule has 1 aliphatic rings. The van der Waals surface area contributed by atoms with Crippen LogP contribution in [0.25, 0.3) is 5.78 Å². The first-order valence-corrected chi connectivity index (χ1v) is 9.29. The van der Waals surface area contributed by atoms with Crippen molar-refractivity contribution in [1.82, 2.24) is 24.5 Å². The van der Waals surface area contributed by atoms with Crippen LogP contribution in [0.1, 0.15) is 24.1 Å². The maximum atomic E-state index is 13.1. The van der Waals surface area contributed by atoms with Gasteiger partial charge in [-0.15, -0.1) is 0 Å². The van der Waals surface area contributed by atoms with Crippen LogP contribution in [0, 0.1) is 0 Å².